The van der Waals surface area contributed by atoms with Gasteiger partial charge in [0.15, 0.2) is 0 Å². The first-order valence-corrected chi connectivity index (χ1v) is 7.21. The average Bonchev–Trinajstić information content (AvgIpc) is 2.33. The van der Waals surface area contributed by atoms with Crippen molar-refractivity contribution in [3.8, 4) is 0 Å². The van der Waals surface area contributed by atoms with Crippen molar-refractivity contribution in [2.45, 2.75) is 53.4 Å². The van der Waals surface area contributed by atoms with Gasteiger partial charge < -0.3 is 10.2 Å². The lowest BCUT2D eigenvalue weighted by atomic mass is 9.99. The van der Waals surface area contributed by atoms with Gasteiger partial charge in [0, 0.05) is 13.1 Å². The first-order valence-electron chi connectivity index (χ1n) is 7.21. The molecule has 0 heterocycles. The minimum Gasteiger partial charge on any atom is -0.315 e. The third kappa shape index (κ3) is 8.12. The highest BCUT2D eigenvalue weighted by atomic mass is 15.1. The van der Waals surface area contributed by atoms with Crippen molar-refractivity contribution >= 4 is 0 Å². The molecule has 0 rings (SSSR count). The molecule has 1 atom stereocenters. The topological polar surface area (TPSA) is 15.3 Å². The largest absolute Gasteiger partial charge is 0.315 e. The summed E-state index contributed by atoms with van der Waals surface area (Å²) in [4.78, 5) is 2.47. The molecule has 0 spiro atoms. The number of rotatable bonds is 11. The molecule has 0 saturated heterocycles. The van der Waals surface area contributed by atoms with E-state index in [1.165, 1.54) is 51.9 Å². The van der Waals surface area contributed by atoms with Gasteiger partial charge in [-0.3, -0.25) is 0 Å². The van der Waals surface area contributed by atoms with Crippen LogP contribution in [0, 0.1) is 5.92 Å². The van der Waals surface area contributed by atoms with Gasteiger partial charge >= 0.3 is 0 Å². The molecule has 0 aromatic heterocycles. The highest BCUT2D eigenvalue weighted by Crippen LogP contribution is 2.10. The second-order valence-corrected chi connectivity index (χ2v) is 4.65. The number of hydrogen-bond donors (Lipinski definition) is 1. The maximum atomic E-state index is 3.60. The van der Waals surface area contributed by atoms with Crippen LogP contribution in [0.25, 0.3) is 0 Å². The van der Waals surface area contributed by atoms with E-state index in [0.717, 1.165) is 12.5 Å². The molecular formula is C14H32N2. The minimum absolute atomic E-state index is 0.886. The zero-order valence-electron chi connectivity index (χ0n) is 11.9. The van der Waals surface area contributed by atoms with Gasteiger partial charge in [0.2, 0.25) is 0 Å². The molecule has 0 radical (unpaired) electrons. The number of hydrogen-bond acceptors (Lipinski definition) is 2. The molecule has 0 aliphatic carbocycles. The Morgan fingerprint density at radius 2 is 1.75 bits per heavy atom. The van der Waals surface area contributed by atoms with Crippen molar-refractivity contribution in [1.29, 1.82) is 0 Å². The second-order valence-electron chi connectivity index (χ2n) is 4.65. The minimum atomic E-state index is 0.886. The fourth-order valence-corrected chi connectivity index (χ4v) is 2.03. The molecule has 2 heteroatoms. The molecule has 2 nitrogen and oxygen atoms in total. The lowest BCUT2D eigenvalue weighted by Gasteiger charge is -2.20. The maximum absolute atomic E-state index is 3.60. The summed E-state index contributed by atoms with van der Waals surface area (Å²) in [6.45, 7) is 14.9. The molecule has 16 heavy (non-hydrogen) atoms. The van der Waals surface area contributed by atoms with E-state index < -0.39 is 0 Å². The SMILES string of the molecule is CCCCC(CC)CNCCN(CC)CC. The molecule has 0 aromatic carbocycles. The molecule has 0 amide bonds. The van der Waals surface area contributed by atoms with Crippen LogP contribution in [0.5, 0.6) is 0 Å². The third-order valence-corrected chi connectivity index (χ3v) is 3.48. The summed E-state index contributed by atoms with van der Waals surface area (Å²) in [6, 6.07) is 0. The molecule has 0 fully saturated rings. The molecule has 1 N–H and O–H groups in total. The summed E-state index contributed by atoms with van der Waals surface area (Å²) in [5.74, 6) is 0.886. The third-order valence-electron chi connectivity index (χ3n) is 3.48. The molecule has 0 aliphatic rings. The predicted octanol–water partition coefficient (Wildman–Crippen LogP) is 3.13. The van der Waals surface area contributed by atoms with Crippen molar-refractivity contribution in [1.82, 2.24) is 10.2 Å². The highest BCUT2D eigenvalue weighted by molar-refractivity contribution is 4.62. The van der Waals surface area contributed by atoms with Gasteiger partial charge in [-0.1, -0.05) is 47.0 Å². The summed E-state index contributed by atoms with van der Waals surface area (Å²) in [5.41, 5.74) is 0. The Balaban J connectivity index is 3.46. The number of unbranched alkanes of at least 4 members (excludes halogenated alkanes) is 1. The Bertz CT molecular complexity index is 133. The Morgan fingerprint density at radius 1 is 1.06 bits per heavy atom. The smallest absolute Gasteiger partial charge is 0.0107 e. The van der Waals surface area contributed by atoms with Gasteiger partial charge in [0.05, 0.1) is 0 Å². The van der Waals surface area contributed by atoms with Crippen LogP contribution in [0.1, 0.15) is 53.4 Å². The molecule has 0 aromatic rings. The quantitative estimate of drug-likeness (QED) is 0.547. The molecular weight excluding hydrogens is 196 g/mol. The van der Waals surface area contributed by atoms with E-state index in [-0.39, 0.29) is 0 Å². The summed E-state index contributed by atoms with van der Waals surface area (Å²) in [5, 5.41) is 3.60. The van der Waals surface area contributed by atoms with Gasteiger partial charge in [-0.15, -0.1) is 0 Å². The molecule has 98 valence electrons. The van der Waals surface area contributed by atoms with Crippen LogP contribution in [-0.4, -0.2) is 37.6 Å². The predicted molar refractivity (Wildman–Crippen MR) is 74.0 cm³/mol. The van der Waals surface area contributed by atoms with Gasteiger partial charge in [-0.25, -0.2) is 0 Å². The average molecular weight is 228 g/mol. The standard InChI is InChI=1S/C14H32N2/c1-5-9-10-14(6-2)13-15-11-12-16(7-3)8-4/h14-15H,5-13H2,1-4H3. The zero-order valence-corrected chi connectivity index (χ0v) is 11.9. The fourth-order valence-electron chi connectivity index (χ4n) is 2.03. The maximum Gasteiger partial charge on any atom is 0.0107 e. The van der Waals surface area contributed by atoms with E-state index in [1.807, 2.05) is 0 Å². The molecule has 0 saturated carbocycles. The van der Waals surface area contributed by atoms with Gasteiger partial charge in [0.25, 0.3) is 0 Å². The lowest BCUT2D eigenvalue weighted by molar-refractivity contribution is 0.296. The number of nitrogens with zero attached hydrogens (tertiary/aromatic N) is 1. The van der Waals surface area contributed by atoms with Crippen molar-refractivity contribution in [3.63, 3.8) is 0 Å². The van der Waals surface area contributed by atoms with Gasteiger partial charge in [0.1, 0.15) is 0 Å². The van der Waals surface area contributed by atoms with E-state index >= 15 is 0 Å². The molecule has 0 aliphatic heterocycles. The van der Waals surface area contributed by atoms with Gasteiger partial charge in [-0.05, 0) is 32.0 Å². The zero-order chi connectivity index (χ0) is 12.2. The van der Waals surface area contributed by atoms with E-state index in [9.17, 15) is 0 Å². The van der Waals surface area contributed by atoms with Crippen molar-refractivity contribution < 1.29 is 0 Å². The van der Waals surface area contributed by atoms with Crippen LogP contribution in [-0.2, 0) is 0 Å². The monoisotopic (exact) mass is 228 g/mol. The lowest BCUT2D eigenvalue weighted by Crippen LogP contribution is -2.33. The van der Waals surface area contributed by atoms with Crippen LogP contribution in [0.3, 0.4) is 0 Å². The van der Waals surface area contributed by atoms with Crippen molar-refractivity contribution in [2.24, 2.45) is 5.92 Å². The fraction of sp³-hybridized carbons (Fsp3) is 1.00. The normalized spacial score (nSPS) is 13.3. The van der Waals surface area contributed by atoms with Crippen LogP contribution in [0.15, 0.2) is 0 Å². The van der Waals surface area contributed by atoms with E-state index in [0.29, 0.717) is 0 Å². The Labute approximate surface area is 103 Å². The summed E-state index contributed by atoms with van der Waals surface area (Å²) in [7, 11) is 0. The number of likely N-dealkylation sites (N-methyl/N-ethyl adjacent to an activating group) is 1. The van der Waals surface area contributed by atoms with Crippen molar-refractivity contribution in [3.05, 3.63) is 0 Å². The van der Waals surface area contributed by atoms with E-state index in [1.54, 1.807) is 0 Å². The molecule has 0 bridgehead atoms. The van der Waals surface area contributed by atoms with E-state index in [2.05, 4.69) is 37.9 Å². The summed E-state index contributed by atoms with van der Waals surface area (Å²) >= 11 is 0. The van der Waals surface area contributed by atoms with Crippen LogP contribution < -0.4 is 5.32 Å². The number of nitrogens with one attached hydrogen (secondary N) is 1. The summed E-state index contributed by atoms with van der Waals surface area (Å²) < 4.78 is 0. The Kier molecular flexibility index (Phi) is 11.3. The molecule has 1 unspecified atom stereocenters. The second kappa shape index (κ2) is 11.4. The van der Waals surface area contributed by atoms with Gasteiger partial charge in [-0.2, -0.15) is 0 Å². The first kappa shape index (κ1) is 15.9. The van der Waals surface area contributed by atoms with E-state index in [4.69, 9.17) is 0 Å². The highest BCUT2D eigenvalue weighted by Gasteiger charge is 2.05. The first-order chi connectivity index (χ1) is 7.78. The summed E-state index contributed by atoms with van der Waals surface area (Å²) in [6.07, 6.45) is 5.43. The Hall–Kier alpha value is -0.0800. The Morgan fingerprint density at radius 3 is 2.25 bits per heavy atom. The van der Waals surface area contributed by atoms with Crippen LogP contribution in [0.4, 0.5) is 0 Å². The van der Waals surface area contributed by atoms with Crippen molar-refractivity contribution in [2.75, 3.05) is 32.7 Å². The van der Waals surface area contributed by atoms with Crippen LogP contribution >= 0.6 is 0 Å². The van der Waals surface area contributed by atoms with Crippen LogP contribution in [0.2, 0.25) is 0 Å².